The number of halogens is 1. The van der Waals surface area contributed by atoms with Crippen LogP contribution < -0.4 is 0 Å². The van der Waals surface area contributed by atoms with Crippen molar-refractivity contribution in [3.8, 4) is 0 Å². The highest BCUT2D eigenvalue weighted by Gasteiger charge is 2.54. The molecule has 8 rings (SSSR count). The van der Waals surface area contributed by atoms with Crippen LogP contribution >= 0.6 is 0 Å². The van der Waals surface area contributed by atoms with Crippen molar-refractivity contribution in [2.24, 2.45) is 61.1 Å². The minimum absolute atomic E-state index is 0.0212. The molecule has 25 N–H and O–H groups in total. The molecule has 724 valence electrons. The molecule has 0 bridgehead atoms. The van der Waals surface area contributed by atoms with Gasteiger partial charge < -0.3 is 170 Å². The molecule has 17 unspecified atom stereocenters. The van der Waals surface area contributed by atoms with Crippen LogP contribution in [0.1, 0.15) is 207 Å². The van der Waals surface area contributed by atoms with Crippen LogP contribution in [0.3, 0.4) is 0 Å². The molecule has 121 heavy (non-hydrogen) atoms. The fourth-order valence-corrected chi connectivity index (χ4v) is 15.6. The zero-order chi connectivity index (χ0) is 95.1. The summed E-state index contributed by atoms with van der Waals surface area (Å²) in [6, 6.07) is 0. The SMILES string of the molecule is CC(=O)OCC1O[C@@H](C(C)(C)C)C(F)[C@@H](C)[C@@H]1C.CC(C)(C)C1OC[C@@H](O)[C@H](O)C1O.CC(C)(C)[C@@H]1OC(CO)[C@@H](O)[C@H](O)C1O.CC(C)(C)[C@@H]1OC(CO)[C@H](O)[C@H](O)C1O.CC(C)(C)[C@@H]1OC(CO)[C@H](O)[C@H](O)C1O.CC(C)(C)[C@H]1OC(CO)[C@@H](O)[C@H](O)C1O.CC1OC(CC(C)(C)C)[C@@H](O)[C@H](O)C1O.C[C@H]1OC(CO)[C@@H](O)[C@H](O)C1C(C)(C)C. The first-order valence-corrected chi connectivity index (χ1v) is 42.3. The smallest absolute Gasteiger partial charge is 0.302 e. The number of carbonyl (C=O) groups excluding carboxylic acids is 1. The third-order valence-corrected chi connectivity index (χ3v) is 23.1. The average molecular weight is 1770 g/mol. The lowest BCUT2D eigenvalue weighted by Gasteiger charge is -2.47. The van der Waals surface area contributed by atoms with E-state index in [1.54, 1.807) is 6.92 Å². The summed E-state index contributed by atoms with van der Waals surface area (Å²) in [5, 5.41) is 237. The van der Waals surface area contributed by atoms with Crippen molar-refractivity contribution in [3.63, 3.8) is 0 Å². The molecule has 0 aromatic rings. The van der Waals surface area contributed by atoms with Gasteiger partial charge in [0, 0.05) is 12.8 Å². The summed E-state index contributed by atoms with van der Waals surface area (Å²) >= 11 is 0. The Morgan fingerprint density at radius 2 is 0.554 bits per heavy atom. The predicted octanol–water partition coefficient (Wildman–Crippen LogP) is -1.57. The van der Waals surface area contributed by atoms with Crippen LogP contribution in [0.5, 0.6) is 0 Å². The number of aliphatic hydroxyl groups is 25. The first kappa shape index (κ1) is 117. The lowest BCUT2D eigenvalue weighted by atomic mass is 9.71. The van der Waals surface area contributed by atoms with Crippen LogP contribution in [0.15, 0.2) is 0 Å². The Bertz CT molecular complexity index is 2670. The normalized spacial score (nSPS) is 42.1. The van der Waals surface area contributed by atoms with E-state index in [1.807, 2.05) is 187 Å². The fraction of sp³-hybridized carbons (Fsp3) is 0.988. The Morgan fingerprint density at radius 3 is 0.826 bits per heavy atom. The van der Waals surface area contributed by atoms with Gasteiger partial charge in [0.15, 0.2) is 0 Å². The maximum atomic E-state index is 14.3. The molecule has 8 saturated heterocycles. The van der Waals surface area contributed by atoms with E-state index in [2.05, 4.69) is 0 Å². The highest BCUT2D eigenvalue weighted by molar-refractivity contribution is 5.65. The largest absolute Gasteiger partial charge is 0.463 e. The zero-order valence-corrected chi connectivity index (χ0v) is 77.3. The topological polar surface area (TPSA) is 606 Å². The first-order chi connectivity index (χ1) is 54.6. The van der Waals surface area contributed by atoms with Crippen LogP contribution in [-0.4, -0.2) is 400 Å². The molecule has 35 nitrogen and oxygen atoms in total. The fourth-order valence-electron chi connectivity index (χ4n) is 15.6. The highest BCUT2D eigenvalue weighted by Crippen LogP contribution is 2.43. The van der Waals surface area contributed by atoms with Crippen molar-refractivity contribution in [1.82, 2.24) is 0 Å². The van der Waals surface area contributed by atoms with Gasteiger partial charge in [0.25, 0.3) is 0 Å². The summed E-state index contributed by atoms with van der Waals surface area (Å²) in [6.07, 6.45) is -31.6. The predicted molar refractivity (Wildman–Crippen MR) is 441 cm³/mol. The lowest BCUT2D eigenvalue weighted by Crippen LogP contribution is -2.61. The van der Waals surface area contributed by atoms with E-state index in [4.69, 9.17) is 68.2 Å². The number of ether oxygens (including phenoxy) is 9. The van der Waals surface area contributed by atoms with Crippen molar-refractivity contribution < 1.29 is 179 Å². The second-order valence-corrected chi connectivity index (χ2v) is 42.6. The number of carbonyl (C=O) groups is 1. The first-order valence-electron chi connectivity index (χ1n) is 42.3. The van der Waals surface area contributed by atoms with Crippen LogP contribution in [-0.2, 0) is 47.4 Å². The van der Waals surface area contributed by atoms with E-state index in [9.17, 15) is 111 Å². The Labute approximate surface area is 717 Å². The third kappa shape index (κ3) is 33.8. The van der Waals surface area contributed by atoms with Gasteiger partial charge in [-0.15, -0.1) is 0 Å². The van der Waals surface area contributed by atoms with Crippen LogP contribution in [0, 0.1) is 61.1 Å². The van der Waals surface area contributed by atoms with Gasteiger partial charge in [-0.2, -0.15) is 0 Å². The summed E-state index contributed by atoms with van der Waals surface area (Å²) in [5.74, 6) is -0.509. The molecule has 0 aromatic carbocycles. The van der Waals surface area contributed by atoms with Crippen LogP contribution in [0.4, 0.5) is 4.39 Å². The summed E-state index contributed by atoms with van der Waals surface area (Å²) in [7, 11) is 0. The standard InChI is InChI=1S/C14H25FO3.2C11H22O4.4C10H20O5.C9H18O4/c1-8-9(2)12(15)13(14(4,5)6)18-11(8)7-17-10(3)16;1-6-8(11(2,3)4)10(14)9(13)7(5-12)15-6;1-6-8(12)10(14)9(13)7(15-6)5-11(2,3)4;4*1-10(2,3)9-8(14)7(13)6(12)5(4-11)15-9;1-9(2,3)8-7(12)6(11)5(10)4-13-8/h8-9,11-13H,7H2,1-6H3;2*6-10,12-14H,5H2,1-4H3;4*5-9,11-14H,4H2,1-3H3;5-8,10-12H,4H2,1-3H3/t8-,9-,11?,12?,13+;6-,7?,8?,9-,10-;6?,7?,8?,9-,10-;5?,6-,7+,8?,9+;5?,6-,7+,8?,9-;2*5?,6-,7-,8?,9+;5-,6+,7?,8?/m01111001/s1. The van der Waals surface area contributed by atoms with Crippen LogP contribution in [0.25, 0.3) is 0 Å². The molecule has 0 spiro atoms. The van der Waals surface area contributed by atoms with E-state index < -0.39 is 208 Å². The summed E-state index contributed by atoms with van der Waals surface area (Å²) in [6.45, 7) is 53.5. The van der Waals surface area contributed by atoms with Gasteiger partial charge in [0.2, 0.25) is 0 Å². The Balaban J connectivity index is 0.000000692. The van der Waals surface area contributed by atoms with Gasteiger partial charge in [-0.1, -0.05) is 180 Å². The van der Waals surface area contributed by atoms with Crippen molar-refractivity contribution in [1.29, 1.82) is 0 Å². The molecule has 8 aliphatic rings. The molecule has 39 atom stereocenters. The lowest BCUT2D eigenvalue weighted by molar-refractivity contribution is -0.250. The van der Waals surface area contributed by atoms with E-state index >= 15 is 0 Å². The van der Waals surface area contributed by atoms with Gasteiger partial charge in [0.05, 0.1) is 107 Å². The minimum Gasteiger partial charge on any atom is -0.463 e. The van der Waals surface area contributed by atoms with E-state index in [1.165, 1.54) is 6.92 Å². The highest BCUT2D eigenvalue weighted by atomic mass is 19.1. The molecule has 8 aliphatic heterocycles. The number of aliphatic hydroxyl groups excluding tert-OH is 25. The van der Waals surface area contributed by atoms with Crippen molar-refractivity contribution >= 4 is 5.97 Å². The van der Waals surface area contributed by atoms with E-state index in [0.29, 0.717) is 6.42 Å². The maximum Gasteiger partial charge on any atom is 0.302 e. The summed E-state index contributed by atoms with van der Waals surface area (Å²) < 4.78 is 63.0. The molecular formula is C85H167FO35. The Morgan fingerprint density at radius 1 is 0.298 bits per heavy atom. The van der Waals surface area contributed by atoms with Gasteiger partial charge in [0.1, 0.15) is 159 Å². The second-order valence-electron chi connectivity index (χ2n) is 42.6. The number of rotatable bonds is 8. The number of alkyl halides is 1. The van der Waals surface area contributed by atoms with Crippen molar-refractivity contribution in [3.05, 3.63) is 0 Å². The number of hydrogen-bond acceptors (Lipinski definition) is 35. The Kier molecular flexibility index (Phi) is 46.7. The second kappa shape index (κ2) is 48.3. The van der Waals surface area contributed by atoms with E-state index in [-0.39, 0.29) is 125 Å². The van der Waals surface area contributed by atoms with Crippen LogP contribution in [0.2, 0.25) is 0 Å². The number of esters is 1. The molecular weight excluding hydrogens is 1600 g/mol. The molecule has 0 saturated carbocycles. The Hall–Kier alpha value is -1.92. The average Bonchev–Trinajstić information content (AvgIpc) is 0.812. The zero-order valence-electron chi connectivity index (χ0n) is 77.3. The van der Waals surface area contributed by atoms with Crippen molar-refractivity contribution in [2.75, 3.05) is 46.2 Å². The monoisotopic (exact) mass is 1770 g/mol. The molecule has 0 aromatic heterocycles. The molecule has 0 amide bonds. The molecule has 0 aliphatic carbocycles. The number of hydrogen-bond donors (Lipinski definition) is 25. The molecule has 0 radical (unpaired) electrons. The molecule has 36 heteroatoms. The van der Waals surface area contributed by atoms with Gasteiger partial charge in [-0.05, 0) is 75.4 Å². The summed E-state index contributed by atoms with van der Waals surface area (Å²) in [5.41, 5.74) is -2.08. The van der Waals surface area contributed by atoms with Gasteiger partial charge in [-0.25, -0.2) is 4.39 Å². The molecule has 8 fully saturated rings. The van der Waals surface area contributed by atoms with Crippen molar-refractivity contribution in [2.45, 2.75) is 427 Å². The third-order valence-electron chi connectivity index (χ3n) is 23.1. The van der Waals surface area contributed by atoms with Gasteiger partial charge in [-0.3, -0.25) is 4.79 Å². The van der Waals surface area contributed by atoms with Gasteiger partial charge >= 0.3 is 5.97 Å². The maximum absolute atomic E-state index is 14.3. The quantitative estimate of drug-likeness (QED) is 0.122. The molecule has 8 heterocycles. The van der Waals surface area contributed by atoms with E-state index in [0.717, 1.165) is 0 Å². The minimum atomic E-state index is -1.28. The summed E-state index contributed by atoms with van der Waals surface area (Å²) in [4.78, 5) is 10.9.